The second kappa shape index (κ2) is 5.08. The van der Waals surface area contributed by atoms with Crippen molar-refractivity contribution in [2.45, 2.75) is 44.8 Å². The summed E-state index contributed by atoms with van der Waals surface area (Å²) in [6, 6.07) is 4.19. The van der Waals surface area contributed by atoms with Gasteiger partial charge in [0.15, 0.2) is 0 Å². The van der Waals surface area contributed by atoms with Crippen LogP contribution in [0.3, 0.4) is 0 Å². The van der Waals surface area contributed by atoms with Crippen LogP contribution in [0.2, 0.25) is 0 Å². The summed E-state index contributed by atoms with van der Waals surface area (Å²) in [4.78, 5) is 2.34. The smallest absolute Gasteiger partial charge is 0.126 e. The number of nitrogens with zero attached hydrogens (tertiary/aromatic N) is 1. The van der Waals surface area contributed by atoms with Crippen LogP contribution in [0.5, 0.6) is 0 Å². The highest BCUT2D eigenvalue weighted by Crippen LogP contribution is 2.41. The van der Waals surface area contributed by atoms with E-state index in [2.05, 4.69) is 24.1 Å². The third-order valence-corrected chi connectivity index (χ3v) is 4.74. The Kier molecular flexibility index (Phi) is 3.55. The number of nitrogens with one attached hydrogen (secondary N) is 1. The summed E-state index contributed by atoms with van der Waals surface area (Å²) in [6.07, 6.45) is 2.58. The van der Waals surface area contributed by atoms with Gasteiger partial charge in [0.1, 0.15) is 11.6 Å². The molecule has 1 aromatic carbocycles. The molecule has 2 fully saturated rings. The molecule has 1 saturated carbocycles. The first-order valence-corrected chi connectivity index (χ1v) is 7.40. The van der Waals surface area contributed by atoms with Gasteiger partial charge in [0.2, 0.25) is 0 Å². The lowest BCUT2D eigenvalue weighted by Crippen LogP contribution is -2.62. The molecule has 1 aliphatic heterocycles. The predicted octanol–water partition coefficient (Wildman–Crippen LogP) is 2.93. The Morgan fingerprint density at radius 2 is 1.90 bits per heavy atom. The molecule has 0 radical (unpaired) electrons. The van der Waals surface area contributed by atoms with Gasteiger partial charge in [-0.3, -0.25) is 4.90 Å². The molecule has 110 valence electrons. The monoisotopic (exact) mass is 280 g/mol. The van der Waals surface area contributed by atoms with Gasteiger partial charge in [-0.15, -0.1) is 0 Å². The lowest BCUT2D eigenvalue weighted by molar-refractivity contribution is 0.0769. The Balaban J connectivity index is 1.74. The van der Waals surface area contributed by atoms with Gasteiger partial charge in [-0.2, -0.15) is 0 Å². The summed E-state index contributed by atoms with van der Waals surface area (Å²) >= 11 is 0. The van der Waals surface area contributed by atoms with Crippen molar-refractivity contribution in [2.24, 2.45) is 5.92 Å². The maximum atomic E-state index is 13.3. The largest absolute Gasteiger partial charge is 0.308 e. The molecule has 20 heavy (non-hydrogen) atoms. The molecule has 2 atom stereocenters. The van der Waals surface area contributed by atoms with E-state index < -0.39 is 11.6 Å². The van der Waals surface area contributed by atoms with Crippen LogP contribution in [0, 0.1) is 17.6 Å². The third kappa shape index (κ3) is 2.86. The average Bonchev–Trinajstić information content (AvgIpc) is 3.17. The first-order valence-electron chi connectivity index (χ1n) is 7.40. The van der Waals surface area contributed by atoms with E-state index in [-0.39, 0.29) is 5.54 Å². The molecule has 2 aliphatic rings. The molecular weight excluding hydrogens is 258 g/mol. The van der Waals surface area contributed by atoms with Crippen LogP contribution in [0.1, 0.15) is 32.3 Å². The number of hydrogen-bond donors (Lipinski definition) is 1. The highest BCUT2D eigenvalue weighted by molar-refractivity contribution is 5.18. The number of piperazine rings is 1. The molecule has 0 aromatic heterocycles. The van der Waals surface area contributed by atoms with Gasteiger partial charge in [0.05, 0.1) is 0 Å². The summed E-state index contributed by atoms with van der Waals surface area (Å²) in [5, 5.41) is 3.66. The van der Waals surface area contributed by atoms with Gasteiger partial charge in [0.25, 0.3) is 0 Å². The van der Waals surface area contributed by atoms with Crippen LogP contribution in [-0.4, -0.2) is 29.6 Å². The van der Waals surface area contributed by atoms with E-state index >= 15 is 0 Å². The Morgan fingerprint density at radius 3 is 2.50 bits per heavy atom. The summed E-state index contributed by atoms with van der Waals surface area (Å²) in [5.41, 5.74) is 0.868. The molecule has 0 spiro atoms. The zero-order valence-electron chi connectivity index (χ0n) is 12.1. The topological polar surface area (TPSA) is 15.3 Å². The minimum absolute atomic E-state index is 0.151. The molecule has 1 aromatic rings. The van der Waals surface area contributed by atoms with Crippen molar-refractivity contribution in [3.8, 4) is 0 Å². The quantitative estimate of drug-likeness (QED) is 0.916. The maximum Gasteiger partial charge on any atom is 0.126 e. The number of rotatable bonds is 3. The van der Waals surface area contributed by atoms with Crippen LogP contribution in [0.15, 0.2) is 18.2 Å². The number of hydrogen-bond acceptors (Lipinski definition) is 2. The molecule has 4 heteroatoms. The maximum absolute atomic E-state index is 13.3. The van der Waals surface area contributed by atoms with Crippen molar-refractivity contribution in [2.75, 3.05) is 13.1 Å². The molecule has 2 nitrogen and oxygen atoms in total. The predicted molar refractivity (Wildman–Crippen MR) is 75.4 cm³/mol. The van der Waals surface area contributed by atoms with Crippen molar-refractivity contribution in [1.29, 1.82) is 0 Å². The lowest BCUT2D eigenvalue weighted by Gasteiger charge is -2.45. The minimum Gasteiger partial charge on any atom is -0.308 e. The van der Waals surface area contributed by atoms with Gasteiger partial charge in [-0.25, -0.2) is 8.78 Å². The van der Waals surface area contributed by atoms with Crippen LogP contribution in [0.4, 0.5) is 8.78 Å². The fourth-order valence-corrected chi connectivity index (χ4v) is 3.29. The van der Waals surface area contributed by atoms with Gasteiger partial charge in [-0.05, 0) is 50.3 Å². The Hall–Kier alpha value is -1.00. The fourth-order valence-electron chi connectivity index (χ4n) is 3.29. The highest BCUT2D eigenvalue weighted by Gasteiger charge is 2.45. The van der Waals surface area contributed by atoms with E-state index in [1.54, 1.807) is 0 Å². The third-order valence-electron chi connectivity index (χ3n) is 4.74. The average molecular weight is 280 g/mol. The van der Waals surface area contributed by atoms with Gasteiger partial charge in [-0.1, -0.05) is 0 Å². The summed E-state index contributed by atoms with van der Waals surface area (Å²) in [6.45, 7) is 6.92. The van der Waals surface area contributed by atoms with Gasteiger partial charge in [0, 0.05) is 37.3 Å². The SMILES string of the molecule is CC1CNC(C)(C2CC2)CN1Cc1cc(F)cc(F)c1. The summed E-state index contributed by atoms with van der Waals surface area (Å²) < 4.78 is 26.6. The van der Waals surface area contributed by atoms with Crippen LogP contribution >= 0.6 is 0 Å². The second-order valence-corrected chi connectivity index (χ2v) is 6.60. The van der Waals surface area contributed by atoms with Crippen molar-refractivity contribution in [1.82, 2.24) is 10.2 Å². The van der Waals surface area contributed by atoms with E-state index in [1.807, 2.05) is 0 Å². The van der Waals surface area contributed by atoms with Crippen molar-refractivity contribution < 1.29 is 8.78 Å². The van der Waals surface area contributed by atoms with Crippen LogP contribution in [-0.2, 0) is 6.54 Å². The van der Waals surface area contributed by atoms with E-state index in [9.17, 15) is 8.78 Å². The standard InChI is InChI=1S/C16H22F2N2/c1-11-8-19-16(2,13-3-4-13)10-20(11)9-12-5-14(17)7-15(18)6-12/h5-7,11,13,19H,3-4,8-10H2,1-2H3. The van der Waals surface area contributed by atoms with Crippen molar-refractivity contribution in [3.63, 3.8) is 0 Å². The first-order chi connectivity index (χ1) is 9.46. The fraction of sp³-hybridized carbons (Fsp3) is 0.625. The molecule has 1 aliphatic carbocycles. The van der Waals surface area contributed by atoms with Crippen LogP contribution < -0.4 is 5.32 Å². The molecule has 1 N–H and O–H groups in total. The molecular formula is C16H22F2N2. The van der Waals surface area contributed by atoms with Crippen molar-refractivity contribution in [3.05, 3.63) is 35.4 Å². The summed E-state index contributed by atoms with van der Waals surface area (Å²) in [5.74, 6) is -0.234. The normalized spacial score (nSPS) is 31.5. The van der Waals surface area contributed by atoms with E-state index in [0.29, 0.717) is 12.6 Å². The van der Waals surface area contributed by atoms with Gasteiger partial charge >= 0.3 is 0 Å². The number of halogens is 2. The molecule has 1 heterocycles. The molecule has 1 saturated heterocycles. The Morgan fingerprint density at radius 1 is 1.25 bits per heavy atom. The van der Waals surface area contributed by atoms with Crippen LogP contribution in [0.25, 0.3) is 0 Å². The second-order valence-electron chi connectivity index (χ2n) is 6.60. The van der Waals surface area contributed by atoms with E-state index in [4.69, 9.17) is 0 Å². The van der Waals surface area contributed by atoms with E-state index in [1.165, 1.54) is 25.0 Å². The molecule has 0 bridgehead atoms. The van der Waals surface area contributed by atoms with E-state index in [0.717, 1.165) is 30.6 Å². The zero-order chi connectivity index (χ0) is 14.3. The Labute approximate surface area is 119 Å². The molecule has 3 rings (SSSR count). The molecule has 0 amide bonds. The highest BCUT2D eigenvalue weighted by atomic mass is 19.1. The Bertz CT molecular complexity index is 481. The lowest BCUT2D eigenvalue weighted by atomic mass is 9.91. The summed E-state index contributed by atoms with van der Waals surface area (Å²) in [7, 11) is 0. The van der Waals surface area contributed by atoms with Gasteiger partial charge < -0.3 is 5.32 Å². The first kappa shape index (κ1) is 14.0. The zero-order valence-corrected chi connectivity index (χ0v) is 12.1. The van der Waals surface area contributed by atoms with Crippen molar-refractivity contribution >= 4 is 0 Å². The number of benzene rings is 1. The minimum atomic E-state index is -0.493. The molecule has 2 unspecified atom stereocenters.